The number of aliphatic hydroxyl groups is 1. The van der Waals surface area contributed by atoms with Crippen LogP contribution in [0.5, 0.6) is 5.75 Å². The highest BCUT2D eigenvalue weighted by Crippen LogP contribution is 2.29. The molecule has 0 unspecified atom stereocenters. The number of aryl methyl sites for hydroxylation is 1. The molecule has 1 aliphatic carbocycles. The Labute approximate surface area is 159 Å². The quantitative estimate of drug-likeness (QED) is 0.557. The number of hydrogen-bond donors (Lipinski definition) is 3. The van der Waals surface area contributed by atoms with Crippen molar-refractivity contribution < 1.29 is 24.1 Å². The van der Waals surface area contributed by atoms with Crippen molar-refractivity contribution >= 4 is 11.0 Å². The van der Waals surface area contributed by atoms with Gasteiger partial charge < -0.3 is 24.1 Å². The van der Waals surface area contributed by atoms with E-state index in [-0.39, 0.29) is 12.2 Å². The summed E-state index contributed by atoms with van der Waals surface area (Å²) >= 11 is 0. The van der Waals surface area contributed by atoms with Crippen LogP contribution in [0.15, 0.2) is 27.4 Å². The zero-order valence-electron chi connectivity index (χ0n) is 16.1. The number of benzene rings is 1. The molecule has 0 bridgehead atoms. The lowest BCUT2D eigenvalue weighted by Gasteiger charge is -2.30. The fraction of sp³-hybridized carbons (Fsp3) is 0.571. The number of quaternary nitrogens is 2. The Balaban J connectivity index is 1.36. The third-order valence-electron chi connectivity index (χ3n) is 6.08. The molecule has 146 valence electrons. The standard InChI is InChI=1S/C21H28N2O4/c1-2-22-8-10-23(11-9-22)13-15(24)14-26-16-6-7-18-17-4-3-5-19(17)21(25)27-20(18)12-16/h6-7,12,15,24H,2-5,8-11,13-14H2,1H3/p+2/t15-/m1/s1. The molecule has 0 saturated carbocycles. The van der Waals surface area contributed by atoms with Gasteiger partial charge in [0.1, 0.15) is 56.8 Å². The number of nitrogens with one attached hydrogen (secondary N) is 2. The topological polar surface area (TPSA) is 68.6 Å². The van der Waals surface area contributed by atoms with Gasteiger partial charge in [0.25, 0.3) is 0 Å². The summed E-state index contributed by atoms with van der Waals surface area (Å²) < 4.78 is 11.3. The average Bonchev–Trinajstić information content (AvgIpc) is 3.18. The Morgan fingerprint density at radius 2 is 1.89 bits per heavy atom. The van der Waals surface area contributed by atoms with Gasteiger partial charge in [0.15, 0.2) is 0 Å². The first-order valence-corrected chi connectivity index (χ1v) is 10.2. The fourth-order valence-corrected chi connectivity index (χ4v) is 4.45. The molecule has 4 rings (SSSR count). The molecule has 6 nitrogen and oxygen atoms in total. The van der Waals surface area contributed by atoms with E-state index in [4.69, 9.17) is 9.15 Å². The third kappa shape index (κ3) is 4.03. The van der Waals surface area contributed by atoms with E-state index in [1.165, 1.54) is 24.5 Å². The van der Waals surface area contributed by atoms with Crippen LogP contribution in [0.4, 0.5) is 0 Å². The summed E-state index contributed by atoms with van der Waals surface area (Å²) in [6.07, 6.45) is 2.27. The minimum atomic E-state index is -0.495. The molecule has 1 aliphatic heterocycles. The van der Waals surface area contributed by atoms with Crippen molar-refractivity contribution in [1.29, 1.82) is 0 Å². The summed E-state index contributed by atoms with van der Waals surface area (Å²) in [5.41, 5.74) is 2.32. The molecule has 1 aromatic heterocycles. The van der Waals surface area contributed by atoms with E-state index < -0.39 is 6.10 Å². The molecular formula is C21H30N2O4+2. The summed E-state index contributed by atoms with van der Waals surface area (Å²) in [5, 5.41) is 11.4. The average molecular weight is 374 g/mol. The monoisotopic (exact) mass is 374 g/mol. The number of aliphatic hydroxyl groups excluding tert-OH is 1. The third-order valence-corrected chi connectivity index (χ3v) is 6.08. The lowest BCUT2D eigenvalue weighted by atomic mass is 10.1. The van der Waals surface area contributed by atoms with Crippen LogP contribution in [0.1, 0.15) is 24.5 Å². The Morgan fingerprint density at radius 1 is 1.15 bits per heavy atom. The van der Waals surface area contributed by atoms with E-state index in [9.17, 15) is 9.90 Å². The van der Waals surface area contributed by atoms with E-state index in [0.29, 0.717) is 17.9 Å². The second-order valence-electron chi connectivity index (χ2n) is 7.88. The normalized spacial score (nSPS) is 23.3. The van der Waals surface area contributed by atoms with E-state index in [0.717, 1.165) is 48.9 Å². The van der Waals surface area contributed by atoms with Crippen LogP contribution >= 0.6 is 0 Å². The van der Waals surface area contributed by atoms with Gasteiger partial charge in [-0.05, 0) is 43.9 Å². The molecule has 2 heterocycles. The van der Waals surface area contributed by atoms with Crippen LogP contribution in [0, 0.1) is 0 Å². The number of hydrogen-bond acceptors (Lipinski definition) is 4. The molecule has 1 saturated heterocycles. The van der Waals surface area contributed by atoms with Gasteiger partial charge in [-0.2, -0.15) is 0 Å². The molecule has 0 amide bonds. The minimum Gasteiger partial charge on any atom is -0.491 e. The smallest absolute Gasteiger partial charge is 0.339 e. The van der Waals surface area contributed by atoms with E-state index in [2.05, 4.69) is 6.92 Å². The highest BCUT2D eigenvalue weighted by atomic mass is 16.5. The van der Waals surface area contributed by atoms with Crippen molar-refractivity contribution in [3.05, 3.63) is 39.7 Å². The summed E-state index contributed by atoms with van der Waals surface area (Å²) in [6.45, 7) is 8.94. The van der Waals surface area contributed by atoms with Crippen LogP contribution in [0.25, 0.3) is 11.0 Å². The van der Waals surface area contributed by atoms with Crippen molar-refractivity contribution in [3.8, 4) is 5.75 Å². The summed E-state index contributed by atoms with van der Waals surface area (Å²) in [7, 11) is 0. The molecule has 3 N–H and O–H groups in total. The highest BCUT2D eigenvalue weighted by Gasteiger charge is 2.24. The van der Waals surface area contributed by atoms with Crippen LogP contribution in [0.3, 0.4) is 0 Å². The van der Waals surface area contributed by atoms with Crippen molar-refractivity contribution in [2.45, 2.75) is 32.3 Å². The molecule has 2 aliphatic rings. The lowest BCUT2D eigenvalue weighted by Crippen LogP contribution is -3.28. The van der Waals surface area contributed by atoms with Gasteiger partial charge in [-0.1, -0.05) is 0 Å². The molecule has 27 heavy (non-hydrogen) atoms. The van der Waals surface area contributed by atoms with Crippen LogP contribution in [-0.4, -0.2) is 57.1 Å². The molecule has 0 spiro atoms. The molecule has 0 radical (unpaired) electrons. The second-order valence-corrected chi connectivity index (χ2v) is 7.88. The van der Waals surface area contributed by atoms with Crippen molar-refractivity contribution in [2.24, 2.45) is 0 Å². The first-order chi connectivity index (χ1) is 13.1. The number of fused-ring (bicyclic) bond motifs is 3. The molecule has 1 fully saturated rings. The number of piperazine rings is 1. The number of ether oxygens (including phenoxy) is 1. The van der Waals surface area contributed by atoms with E-state index >= 15 is 0 Å². The fourth-order valence-electron chi connectivity index (χ4n) is 4.45. The van der Waals surface area contributed by atoms with Gasteiger partial charge in [-0.25, -0.2) is 4.79 Å². The van der Waals surface area contributed by atoms with Gasteiger partial charge in [-0.15, -0.1) is 0 Å². The Kier molecular flexibility index (Phi) is 5.48. The first kappa shape index (κ1) is 18.5. The summed E-state index contributed by atoms with van der Waals surface area (Å²) in [5.74, 6) is 0.637. The van der Waals surface area contributed by atoms with Crippen LogP contribution in [-0.2, 0) is 12.8 Å². The zero-order valence-corrected chi connectivity index (χ0v) is 16.1. The maximum Gasteiger partial charge on any atom is 0.339 e. The van der Waals surface area contributed by atoms with E-state index in [1.54, 1.807) is 11.0 Å². The largest absolute Gasteiger partial charge is 0.491 e. The Hall–Kier alpha value is -1.89. The zero-order chi connectivity index (χ0) is 18.8. The van der Waals surface area contributed by atoms with E-state index in [1.807, 2.05) is 12.1 Å². The van der Waals surface area contributed by atoms with Gasteiger partial charge in [-0.3, -0.25) is 0 Å². The summed E-state index contributed by atoms with van der Waals surface area (Å²) in [6, 6.07) is 5.66. The predicted octanol–water partition coefficient (Wildman–Crippen LogP) is -1.18. The molecule has 6 heteroatoms. The predicted molar refractivity (Wildman–Crippen MR) is 103 cm³/mol. The van der Waals surface area contributed by atoms with Crippen molar-refractivity contribution in [2.75, 3.05) is 45.9 Å². The maximum absolute atomic E-state index is 12.1. The highest BCUT2D eigenvalue weighted by molar-refractivity contribution is 5.83. The van der Waals surface area contributed by atoms with Gasteiger partial charge in [0.2, 0.25) is 0 Å². The van der Waals surface area contributed by atoms with Gasteiger partial charge in [0.05, 0.1) is 6.54 Å². The van der Waals surface area contributed by atoms with Gasteiger partial charge in [0, 0.05) is 17.0 Å². The maximum atomic E-state index is 12.1. The Morgan fingerprint density at radius 3 is 2.67 bits per heavy atom. The molecule has 1 aromatic carbocycles. The molecule has 1 atom stereocenters. The Bertz CT molecular complexity index is 855. The van der Waals surface area contributed by atoms with Crippen molar-refractivity contribution in [3.63, 3.8) is 0 Å². The first-order valence-electron chi connectivity index (χ1n) is 10.2. The van der Waals surface area contributed by atoms with Gasteiger partial charge >= 0.3 is 5.63 Å². The molecule has 2 aromatic rings. The molecular weight excluding hydrogens is 344 g/mol. The van der Waals surface area contributed by atoms with Crippen molar-refractivity contribution in [1.82, 2.24) is 0 Å². The number of likely N-dealkylation sites (N-methyl/N-ethyl adjacent to an activating group) is 1. The minimum absolute atomic E-state index is 0.218. The lowest BCUT2D eigenvalue weighted by molar-refractivity contribution is -1.01. The van der Waals surface area contributed by atoms with Crippen LogP contribution < -0.4 is 20.2 Å². The number of rotatable bonds is 6. The van der Waals surface area contributed by atoms with Crippen LogP contribution in [0.2, 0.25) is 0 Å². The second kappa shape index (κ2) is 8.00. The SMILES string of the molecule is CC[NH+]1CC[NH+](C[C@@H](O)COc2ccc3c4c(c(=O)oc3c2)CCC4)CC1. The summed E-state index contributed by atoms with van der Waals surface area (Å²) in [4.78, 5) is 15.2.